The number of anilines is 1. The van der Waals surface area contributed by atoms with Crippen molar-refractivity contribution in [2.75, 3.05) is 5.73 Å². The van der Waals surface area contributed by atoms with E-state index in [1.54, 1.807) is 0 Å². The van der Waals surface area contributed by atoms with E-state index < -0.39 is 0 Å². The Balaban J connectivity index is 0.0000000950. The smallest absolute Gasteiger partial charge is 0.141 e. The molecule has 30 aromatic rings. The maximum atomic E-state index is 6.19. The fourth-order valence-corrected chi connectivity index (χ4v) is 22.0. The van der Waals surface area contributed by atoms with Crippen molar-refractivity contribution in [3.63, 3.8) is 0 Å². The van der Waals surface area contributed by atoms with Crippen molar-refractivity contribution >= 4 is 257 Å². The van der Waals surface area contributed by atoms with E-state index in [1.165, 1.54) is 59.2 Å². The number of aromatic nitrogens is 14. The van der Waals surface area contributed by atoms with Crippen molar-refractivity contribution in [3.8, 4) is 68.1 Å². The highest BCUT2D eigenvalue weighted by atomic mass is 79.9. The van der Waals surface area contributed by atoms with Crippen molar-refractivity contribution in [2.45, 2.75) is 6.92 Å². The van der Waals surface area contributed by atoms with E-state index in [0.29, 0.717) is 0 Å². The average Bonchev–Trinajstić information content (AvgIpc) is 1.57. The molecule has 19 heteroatoms. The molecule has 0 aliphatic carbocycles. The second-order valence-corrected chi connectivity index (χ2v) is 37.9. The number of fused-ring (bicyclic) bond motifs is 30. The lowest BCUT2D eigenvalue weighted by Gasteiger charge is -2.07. The lowest BCUT2D eigenvalue weighted by atomic mass is 9.99. The predicted octanol–water partition coefficient (Wildman–Crippen LogP) is 33.3. The normalized spacial score (nSPS) is 12.0. The largest absolute Gasteiger partial charge is 0.399 e. The van der Waals surface area contributed by atoms with Crippen molar-refractivity contribution in [1.29, 1.82) is 0 Å². The summed E-state index contributed by atoms with van der Waals surface area (Å²) in [6, 6.07) is 128. The molecular weight excluding hydrogens is 1880 g/mol. The number of aryl methyl sites for hydroxylation is 1. The van der Waals surface area contributed by atoms with E-state index in [2.05, 4.69) is 416 Å². The Morgan fingerprint density at radius 2 is 0.570 bits per heavy atom. The van der Waals surface area contributed by atoms with E-state index >= 15 is 0 Å². The van der Waals surface area contributed by atoms with Gasteiger partial charge in [0.25, 0.3) is 0 Å². The van der Waals surface area contributed by atoms with Gasteiger partial charge in [-0.25, -0.2) is 19.9 Å². The highest BCUT2D eigenvalue weighted by Crippen LogP contribution is 2.47. The third-order valence-electron chi connectivity index (χ3n) is 27.8. The zero-order valence-corrected chi connectivity index (χ0v) is 79.3. The zero-order valence-electron chi connectivity index (χ0n) is 76.1. The van der Waals surface area contributed by atoms with Crippen LogP contribution < -0.4 is 5.73 Å². The van der Waals surface area contributed by atoms with Gasteiger partial charge in [-0.3, -0.25) is 9.98 Å². The average molecular weight is 1960 g/mol. The van der Waals surface area contributed by atoms with E-state index in [9.17, 15) is 0 Å². The maximum absolute atomic E-state index is 6.19. The first-order chi connectivity index (χ1) is 70.0. The molecule has 0 atom stereocenters. The van der Waals surface area contributed by atoms with Gasteiger partial charge in [0.15, 0.2) is 0 Å². The molecule has 672 valence electrons. The number of imidazole rings is 4. The van der Waals surface area contributed by atoms with Crippen LogP contribution in [0.5, 0.6) is 0 Å². The van der Waals surface area contributed by atoms with Crippen molar-refractivity contribution in [3.05, 3.63) is 414 Å². The van der Waals surface area contributed by atoms with Crippen LogP contribution in [0.3, 0.4) is 0 Å². The summed E-state index contributed by atoms with van der Waals surface area (Å²) >= 11 is 7.16. The van der Waals surface area contributed by atoms with Gasteiger partial charge in [0.05, 0.1) is 78.0 Å². The van der Waals surface area contributed by atoms with Crippen molar-refractivity contribution < 1.29 is 0 Å². The van der Waals surface area contributed by atoms with E-state index in [0.717, 1.165) is 247 Å². The van der Waals surface area contributed by atoms with Crippen LogP contribution in [0.15, 0.2) is 408 Å². The monoisotopic (exact) mass is 1950 g/mol. The van der Waals surface area contributed by atoms with Crippen LogP contribution in [0.25, 0.3) is 264 Å². The molecule has 0 radical (unpaired) electrons. The molecule has 0 unspecified atom stereocenters. The summed E-state index contributed by atoms with van der Waals surface area (Å²) in [5, 5.41) is 25.5. The number of aliphatic imine (C=N–C) groups is 2. The van der Waals surface area contributed by atoms with Crippen LogP contribution in [0, 0.1) is 6.92 Å². The number of benzene rings is 20. The standard InChI is InChI=1S/C33H22BrN5.C32H20BrN5.C29H20N4.C29H19N3/c1-18-30(25-8-4-5-9-29(25)37-18)33-38-31-24-7-3-2-6-22(24)23-12-11-21(15-27(23)32(31)39-33)35-16-19-17-36-28-13-10-20(34)14-26(19)28;33-19-9-12-29-25(13-19)18(16-35-29)15-34-20-10-11-22-21-5-1-2-7-24(21)30-31(26(22)14-20)38-32(37-30)27-17-36-28-8-4-3-6-23(27)28;30-18-14-15-20-19-10-4-5-11-21(19)27-28(23(20)16-18)33-29(32-27)25-22-12-6-7-13-24(22)31-26(25)17-8-2-1-3-9-17;1-2-10-18(11-3-1)26-25(23-16-8-9-17-24(23)30-26)29-31-27-21-14-6-4-12-19(21)20-13-5-7-15-22(20)28(27)32-29/h2-17,36-37H,1H3,(H,38,39);1-17,35-36H,(H,37,38);1-16,31H,30H2,(H,32,33);1-17,30H,(H,31,32). The molecule has 0 aliphatic rings. The molecule has 0 bridgehead atoms. The predicted molar refractivity (Wildman–Crippen MR) is 600 cm³/mol. The first-order valence-electron chi connectivity index (χ1n) is 47.2. The van der Waals surface area contributed by atoms with Gasteiger partial charge < -0.3 is 55.6 Å². The molecule has 0 saturated heterocycles. The Labute approximate surface area is 825 Å². The number of hydrogen-bond acceptors (Lipinski definition) is 7. The summed E-state index contributed by atoms with van der Waals surface area (Å²) in [6.07, 6.45) is 9.88. The summed E-state index contributed by atoms with van der Waals surface area (Å²) in [6.45, 7) is 2.11. The van der Waals surface area contributed by atoms with E-state index in [4.69, 9.17) is 35.7 Å². The highest BCUT2D eigenvalue weighted by Gasteiger charge is 2.26. The van der Waals surface area contributed by atoms with Crippen LogP contribution in [0.1, 0.15) is 16.8 Å². The van der Waals surface area contributed by atoms with Gasteiger partial charge in [-0.15, -0.1) is 0 Å². The summed E-state index contributed by atoms with van der Waals surface area (Å²) < 4.78 is 2.09. The van der Waals surface area contributed by atoms with Gasteiger partial charge in [0, 0.05) is 182 Å². The molecule has 0 fully saturated rings. The van der Waals surface area contributed by atoms with Crippen LogP contribution >= 0.6 is 31.9 Å². The number of hydrogen-bond donors (Lipinski definition) is 11. The van der Waals surface area contributed by atoms with Crippen LogP contribution in [0.4, 0.5) is 17.1 Å². The van der Waals surface area contributed by atoms with E-state index in [1.807, 2.05) is 73.5 Å². The Morgan fingerprint density at radius 1 is 0.246 bits per heavy atom. The third-order valence-corrected chi connectivity index (χ3v) is 28.8. The molecular formula is C123H81Br2N17. The number of nitrogens with two attached hydrogens (primary N) is 1. The molecule has 0 aliphatic heterocycles. The minimum absolute atomic E-state index is 0.737. The van der Waals surface area contributed by atoms with Crippen LogP contribution in [0.2, 0.25) is 0 Å². The fraction of sp³-hybridized carbons (Fsp3) is 0.00813. The van der Waals surface area contributed by atoms with Crippen molar-refractivity contribution in [1.82, 2.24) is 69.8 Å². The van der Waals surface area contributed by atoms with Crippen LogP contribution in [-0.2, 0) is 0 Å². The summed E-state index contributed by atoms with van der Waals surface area (Å²) in [5.74, 6) is 3.46. The number of nitrogens with zero attached hydrogens (tertiary/aromatic N) is 6. The second kappa shape index (κ2) is 33.9. The molecule has 12 N–H and O–H groups in total. The number of para-hydroxylation sites is 4. The van der Waals surface area contributed by atoms with Crippen LogP contribution in [-0.4, -0.2) is 82.2 Å². The molecule has 20 aromatic carbocycles. The van der Waals surface area contributed by atoms with Gasteiger partial charge in [-0.1, -0.05) is 305 Å². The molecule has 10 aromatic heterocycles. The van der Waals surface area contributed by atoms with E-state index in [-0.39, 0.29) is 0 Å². The maximum Gasteiger partial charge on any atom is 0.141 e. The molecule has 142 heavy (non-hydrogen) atoms. The SMILES string of the molecule is Brc1ccc2[nH]cc(C=Nc3ccc4c5ccccc5c5nc(-c6c[nH]c7ccccc67)[nH]c5c4c3)c2c1.Cc1[nH]c2ccccc2c1-c1nc2c3ccccc3c3ccc(N=Cc4c[nH]c5ccc(Br)cc45)cc3c2[nH]1.Nc1ccc2c3ccccc3c3[nH]c(-c4c(-c5ccccc5)[nH]c5ccccc45)nc3c2c1.c1ccc(-c2[nH]c3ccccc3c2-c2nc3c4ccccc4c4ccccc4c3[nH]2)cc1. The lowest BCUT2D eigenvalue weighted by molar-refractivity contribution is 1.26. The summed E-state index contributed by atoms with van der Waals surface area (Å²) in [7, 11) is 0. The second-order valence-electron chi connectivity index (χ2n) is 36.1. The summed E-state index contributed by atoms with van der Waals surface area (Å²) in [5.41, 5.74) is 35.3. The van der Waals surface area contributed by atoms with Crippen molar-refractivity contribution in [2.24, 2.45) is 9.98 Å². The lowest BCUT2D eigenvalue weighted by Crippen LogP contribution is -1.86. The first-order valence-corrected chi connectivity index (χ1v) is 48.8. The molecule has 0 saturated carbocycles. The Morgan fingerprint density at radius 3 is 1.04 bits per heavy atom. The molecule has 17 nitrogen and oxygen atoms in total. The molecule has 0 spiro atoms. The quantitative estimate of drug-likeness (QED) is 0.0362. The summed E-state index contributed by atoms with van der Waals surface area (Å²) in [4.78, 5) is 66.0. The Bertz CT molecular complexity index is 10400. The van der Waals surface area contributed by atoms with Gasteiger partial charge >= 0.3 is 0 Å². The Hall–Kier alpha value is -18.3. The van der Waals surface area contributed by atoms with Gasteiger partial charge in [-0.2, -0.15) is 0 Å². The number of nitrogens with one attached hydrogen (secondary N) is 10. The molecule has 30 rings (SSSR count). The topological polar surface area (TPSA) is 260 Å². The number of H-pyrrole nitrogens is 10. The fourth-order valence-electron chi connectivity index (χ4n) is 21.3. The number of nitrogen functional groups attached to an aromatic ring is 1. The minimum atomic E-state index is 0.737. The zero-order chi connectivity index (χ0) is 94.3. The molecule has 0 amide bonds. The first kappa shape index (κ1) is 83.1. The highest BCUT2D eigenvalue weighted by molar-refractivity contribution is 9.10. The number of halogens is 2. The minimum Gasteiger partial charge on any atom is -0.399 e. The molecule has 10 heterocycles. The van der Waals surface area contributed by atoms with Gasteiger partial charge in [0.1, 0.15) is 23.3 Å². The Kier molecular flexibility index (Phi) is 19.8. The third kappa shape index (κ3) is 14.1. The number of rotatable bonds is 10. The number of aromatic amines is 10. The van der Waals surface area contributed by atoms with Gasteiger partial charge in [0.2, 0.25) is 0 Å². The van der Waals surface area contributed by atoms with Gasteiger partial charge in [-0.05, 0) is 158 Å².